The number of aliphatic hydroxyl groups excluding tert-OH is 1. The average Bonchev–Trinajstić information content (AvgIpc) is 2.18. The Balaban J connectivity index is 2.31. The lowest BCUT2D eigenvalue weighted by Gasteiger charge is -2.32. The van der Waals surface area contributed by atoms with Crippen LogP contribution in [0.15, 0.2) is 24.3 Å². The fourth-order valence-corrected chi connectivity index (χ4v) is 2.42. The number of hydrogen-bond donors (Lipinski definition) is 2. The third-order valence-corrected chi connectivity index (χ3v) is 3.32. The number of rotatable bonds is 1. The fourth-order valence-electron chi connectivity index (χ4n) is 2.42. The van der Waals surface area contributed by atoms with Crippen LogP contribution in [0.2, 0.25) is 0 Å². The predicted molar refractivity (Wildman–Crippen MR) is 54.9 cm³/mol. The summed E-state index contributed by atoms with van der Waals surface area (Å²) in [6, 6.07) is 8.28. The van der Waals surface area contributed by atoms with Crippen LogP contribution < -0.4 is 0 Å². The Labute approximate surface area is 84.2 Å². The van der Waals surface area contributed by atoms with Gasteiger partial charge in [-0.2, -0.15) is 0 Å². The highest BCUT2D eigenvalue weighted by molar-refractivity contribution is 5.32. The van der Waals surface area contributed by atoms with Crippen molar-refractivity contribution < 1.29 is 10.2 Å². The molecular formula is C12H16O2. The molecule has 0 fully saturated rings. The second-order valence-electron chi connectivity index (χ2n) is 4.10. The molecule has 0 saturated carbocycles. The minimum Gasteiger partial charge on any atom is -0.368 e. The van der Waals surface area contributed by atoms with E-state index in [-0.39, 0.29) is 11.8 Å². The van der Waals surface area contributed by atoms with E-state index in [9.17, 15) is 10.2 Å². The maximum atomic E-state index is 9.23. The Morgan fingerprint density at radius 3 is 2.71 bits per heavy atom. The molecule has 2 heteroatoms. The lowest BCUT2D eigenvalue weighted by molar-refractivity contribution is -0.0935. The van der Waals surface area contributed by atoms with Gasteiger partial charge in [0.25, 0.3) is 0 Å². The van der Waals surface area contributed by atoms with E-state index in [1.807, 2.05) is 12.1 Å². The van der Waals surface area contributed by atoms with Gasteiger partial charge in [-0.25, -0.2) is 0 Å². The molecule has 1 aromatic carbocycles. The van der Waals surface area contributed by atoms with Crippen molar-refractivity contribution in [2.75, 3.05) is 0 Å². The van der Waals surface area contributed by atoms with E-state index in [0.717, 1.165) is 12.8 Å². The molecule has 1 aromatic rings. The van der Waals surface area contributed by atoms with Crippen molar-refractivity contribution in [2.45, 2.75) is 32.0 Å². The van der Waals surface area contributed by atoms with E-state index >= 15 is 0 Å². The summed E-state index contributed by atoms with van der Waals surface area (Å²) < 4.78 is 0. The smallest absolute Gasteiger partial charge is 0.154 e. The van der Waals surface area contributed by atoms with Crippen LogP contribution in [0.25, 0.3) is 0 Å². The normalized spacial score (nSPS) is 26.3. The van der Waals surface area contributed by atoms with Crippen molar-refractivity contribution in [3.63, 3.8) is 0 Å². The fraction of sp³-hybridized carbons (Fsp3) is 0.500. The summed E-state index contributed by atoms with van der Waals surface area (Å²) >= 11 is 0. The number of fused-ring (bicyclic) bond motifs is 1. The minimum absolute atomic E-state index is 0.00935. The maximum absolute atomic E-state index is 9.23. The molecule has 0 radical (unpaired) electrons. The first kappa shape index (κ1) is 9.69. The highest BCUT2D eigenvalue weighted by atomic mass is 16.5. The second kappa shape index (κ2) is 3.71. The van der Waals surface area contributed by atoms with Gasteiger partial charge in [-0.1, -0.05) is 31.2 Å². The zero-order valence-corrected chi connectivity index (χ0v) is 8.35. The molecule has 2 atom stereocenters. The van der Waals surface area contributed by atoms with Gasteiger partial charge in [0, 0.05) is 5.92 Å². The van der Waals surface area contributed by atoms with Gasteiger partial charge in [0.2, 0.25) is 0 Å². The monoisotopic (exact) mass is 192 g/mol. The van der Waals surface area contributed by atoms with Crippen LogP contribution in [0.3, 0.4) is 0 Å². The summed E-state index contributed by atoms with van der Waals surface area (Å²) in [6.07, 6.45) is 0.650. The molecule has 1 aliphatic rings. The van der Waals surface area contributed by atoms with Gasteiger partial charge in [0.1, 0.15) is 0 Å². The van der Waals surface area contributed by atoms with Crippen molar-refractivity contribution in [3.8, 4) is 0 Å². The van der Waals surface area contributed by atoms with Crippen LogP contribution in [0.1, 0.15) is 30.4 Å². The molecule has 76 valence electrons. The summed E-state index contributed by atoms with van der Waals surface area (Å²) in [6.45, 7) is 2.07. The molecule has 2 nitrogen and oxygen atoms in total. The first-order chi connectivity index (χ1) is 6.70. The van der Waals surface area contributed by atoms with Gasteiger partial charge >= 0.3 is 0 Å². The van der Waals surface area contributed by atoms with Crippen LogP contribution >= 0.6 is 0 Å². The van der Waals surface area contributed by atoms with Gasteiger partial charge in [-0.15, -0.1) is 0 Å². The first-order valence-corrected chi connectivity index (χ1v) is 5.14. The highest BCUT2D eigenvalue weighted by Gasteiger charge is 2.29. The molecule has 2 rings (SSSR count). The third kappa shape index (κ3) is 1.56. The number of benzene rings is 1. The van der Waals surface area contributed by atoms with Gasteiger partial charge < -0.3 is 10.2 Å². The molecule has 0 amide bonds. The van der Waals surface area contributed by atoms with E-state index in [1.54, 1.807) is 0 Å². The molecule has 2 N–H and O–H groups in total. The van der Waals surface area contributed by atoms with Gasteiger partial charge in [0.05, 0.1) is 0 Å². The zero-order valence-electron chi connectivity index (χ0n) is 8.35. The molecule has 2 unspecified atom stereocenters. The summed E-state index contributed by atoms with van der Waals surface area (Å²) in [5.41, 5.74) is 2.63. The van der Waals surface area contributed by atoms with Crippen molar-refractivity contribution in [1.29, 1.82) is 0 Å². The predicted octanol–water partition coefficient (Wildman–Crippen LogP) is 1.66. The zero-order chi connectivity index (χ0) is 10.1. The van der Waals surface area contributed by atoms with Crippen molar-refractivity contribution >= 4 is 0 Å². The van der Waals surface area contributed by atoms with Crippen molar-refractivity contribution in [2.24, 2.45) is 5.92 Å². The minimum atomic E-state index is -1.18. The van der Waals surface area contributed by atoms with E-state index < -0.39 is 6.29 Å². The average molecular weight is 192 g/mol. The molecule has 0 saturated heterocycles. The van der Waals surface area contributed by atoms with Gasteiger partial charge in [-0.3, -0.25) is 0 Å². The molecule has 1 aliphatic carbocycles. The summed E-state index contributed by atoms with van der Waals surface area (Å²) in [5, 5.41) is 18.5. The molecule has 14 heavy (non-hydrogen) atoms. The van der Waals surface area contributed by atoms with Crippen LogP contribution in [0, 0.1) is 5.92 Å². The van der Waals surface area contributed by atoms with E-state index in [1.165, 1.54) is 11.1 Å². The molecule has 0 aliphatic heterocycles. The third-order valence-electron chi connectivity index (χ3n) is 3.32. The molecule has 0 aromatic heterocycles. The summed E-state index contributed by atoms with van der Waals surface area (Å²) in [7, 11) is 0. The first-order valence-electron chi connectivity index (χ1n) is 5.14. The quantitative estimate of drug-likeness (QED) is 0.664. The number of aryl methyl sites for hydroxylation is 1. The van der Waals surface area contributed by atoms with E-state index in [2.05, 4.69) is 19.1 Å². The van der Waals surface area contributed by atoms with Crippen molar-refractivity contribution in [1.82, 2.24) is 0 Å². The number of hydrogen-bond acceptors (Lipinski definition) is 2. The standard InChI is InChI=1S/C12H16O2/c1-8-10-5-3-2-4-9(10)6-7-11(8)12(13)14/h2-5,8,11-14H,6-7H2,1H3. The maximum Gasteiger partial charge on any atom is 0.154 e. The topological polar surface area (TPSA) is 40.5 Å². The molecule has 0 spiro atoms. The van der Waals surface area contributed by atoms with E-state index in [0.29, 0.717) is 0 Å². The van der Waals surface area contributed by atoms with Crippen LogP contribution in [-0.2, 0) is 6.42 Å². The second-order valence-corrected chi connectivity index (χ2v) is 4.10. The van der Waals surface area contributed by atoms with Crippen molar-refractivity contribution in [3.05, 3.63) is 35.4 Å². The Morgan fingerprint density at radius 2 is 2.00 bits per heavy atom. The largest absolute Gasteiger partial charge is 0.368 e. The Kier molecular flexibility index (Phi) is 2.57. The van der Waals surface area contributed by atoms with Gasteiger partial charge in [0.15, 0.2) is 6.29 Å². The lowest BCUT2D eigenvalue weighted by atomic mass is 9.76. The lowest BCUT2D eigenvalue weighted by Crippen LogP contribution is -2.29. The Morgan fingerprint density at radius 1 is 1.29 bits per heavy atom. The summed E-state index contributed by atoms with van der Waals surface area (Å²) in [4.78, 5) is 0. The van der Waals surface area contributed by atoms with Gasteiger partial charge in [-0.05, 0) is 29.9 Å². The Hall–Kier alpha value is -0.860. The van der Waals surface area contributed by atoms with Crippen LogP contribution in [0.5, 0.6) is 0 Å². The SMILES string of the molecule is CC1c2ccccc2CCC1C(O)O. The molecule has 0 bridgehead atoms. The number of aliphatic hydroxyl groups is 2. The van der Waals surface area contributed by atoms with E-state index in [4.69, 9.17) is 0 Å². The highest BCUT2D eigenvalue weighted by Crippen LogP contribution is 2.36. The van der Waals surface area contributed by atoms with Crippen LogP contribution in [-0.4, -0.2) is 16.5 Å². The van der Waals surface area contributed by atoms with Crippen LogP contribution in [0.4, 0.5) is 0 Å². The molecule has 0 heterocycles. The summed E-state index contributed by atoms with van der Waals surface area (Å²) in [5.74, 6) is 0.241. The Bertz CT molecular complexity index is 320. The molecular weight excluding hydrogens is 176 g/mol.